The summed E-state index contributed by atoms with van der Waals surface area (Å²) in [5, 5.41) is 3.07. The predicted octanol–water partition coefficient (Wildman–Crippen LogP) is 3.55. The number of hydrogen-bond acceptors (Lipinski definition) is 3. The van der Waals surface area contributed by atoms with Gasteiger partial charge in [-0.05, 0) is 37.1 Å². The Balaban J connectivity index is 2.39. The van der Waals surface area contributed by atoms with Crippen molar-refractivity contribution in [3.8, 4) is 11.3 Å². The number of nitrogens with one attached hydrogen (secondary N) is 1. The van der Waals surface area contributed by atoms with Crippen molar-refractivity contribution in [3.05, 3.63) is 41.6 Å². The highest BCUT2D eigenvalue weighted by molar-refractivity contribution is 5.63. The Morgan fingerprint density at radius 2 is 2.00 bits per heavy atom. The fraction of sp³-hybridized carbons (Fsp3) is 0.286. The number of halogens is 2. The molecule has 19 heavy (non-hydrogen) atoms. The number of nitrogens with zero attached hydrogens (tertiary/aromatic N) is 2. The minimum Gasteiger partial charge on any atom is -0.354 e. The van der Waals surface area contributed by atoms with E-state index in [2.05, 4.69) is 15.3 Å². The summed E-state index contributed by atoms with van der Waals surface area (Å²) in [6, 6.07) is 3.76. The van der Waals surface area contributed by atoms with Crippen LogP contribution in [0.1, 0.15) is 18.9 Å². The second-order valence-electron chi connectivity index (χ2n) is 4.28. The van der Waals surface area contributed by atoms with Gasteiger partial charge in [0.15, 0.2) is 11.6 Å². The third kappa shape index (κ3) is 3.05. The number of hydrogen-bond donors (Lipinski definition) is 1. The maximum atomic E-state index is 13.3. The van der Waals surface area contributed by atoms with Gasteiger partial charge in [0.1, 0.15) is 0 Å². The Morgan fingerprint density at radius 3 is 2.68 bits per heavy atom. The van der Waals surface area contributed by atoms with Crippen LogP contribution in [0.5, 0.6) is 0 Å². The van der Waals surface area contributed by atoms with Crippen LogP contribution in [-0.4, -0.2) is 16.5 Å². The molecule has 1 aromatic carbocycles. The van der Waals surface area contributed by atoms with Gasteiger partial charge in [-0.15, -0.1) is 0 Å². The van der Waals surface area contributed by atoms with Crippen LogP contribution in [0.25, 0.3) is 11.3 Å². The smallest absolute Gasteiger partial charge is 0.223 e. The largest absolute Gasteiger partial charge is 0.354 e. The Morgan fingerprint density at radius 1 is 1.21 bits per heavy atom. The van der Waals surface area contributed by atoms with Gasteiger partial charge in [-0.1, -0.05) is 6.92 Å². The average molecular weight is 263 g/mol. The summed E-state index contributed by atoms with van der Waals surface area (Å²) in [5.74, 6) is -1.24. The lowest BCUT2D eigenvalue weighted by atomic mass is 10.1. The molecule has 1 aromatic heterocycles. The molecule has 0 spiro atoms. The molecule has 1 heterocycles. The van der Waals surface area contributed by atoms with Crippen LogP contribution in [0.2, 0.25) is 0 Å². The van der Waals surface area contributed by atoms with Crippen LogP contribution in [-0.2, 0) is 0 Å². The van der Waals surface area contributed by atoms with E-state index in [9.17, 15) is 8.78 Å². The SMILES string of the molecule is CCCNc1ncc(C)c(-c2ccc(F)c(F)c2)n1. The number of benzene rings is 1. The van der Waals surface area contributed by atoms with Gasteiger partial charge in [-0.3, -0.25) is 0 Å². The molecule has 0 saturated carbocycles. The first-order valence-electron chi connectivity index (χ1n) is 6.14. The number of rotatable bonds is 4. The molecule has 2 aromatic rings. The molecule has 0 aliphatic heterocycles. The van der Waals surface area contributed by atoms with Gasteiger partial charge in [-0.2, -0.15) is 0 Å². The fourth-order valence-corrected chi connectivity index (χ4v) is 1.70. The standard InChI is InChI=1S/C14H15F2N3/c1-3-6-17-14-18-8-9(2)13(19-14)10-4-5-11(15)12(16)7-10/h4-5,7-8H,3,6H2,1-2H3,(H,17,18,19). The van der Waals surface area contributed by atoms with Crippen molar-refractivity contribution >= 4 is 5.95 Å². The topological polar surface area (TPSA) is 37.8 Å². The zero-order valence-corrected chi connectivity index (χ0v) is 10.9. The maximum absolute atomic E-state index is 13.3. The quantitative estimate of drug-likeness (QED) is 0.916. The van der Waals surface area contributed by atoms with Gasteiger partial charge < -0.3 is 5.32 Å². The normalized spacial score (nSPS) is 10.5. The van der Waals surface area contributed by atoms with Gasteiger partial charge in [0, 0.05) is 18.3 Å². The summed E-state index contributed by atoms with van der Waals surface area (Å²) >= 11 is 0. The van der Waals surface area contributed by atoms with Crippen molar-refractivity contribution in [1.29, 1.82) is 0 Å². The zero-order chi connectivity index (χ0) is 13.8. The van der Waals surface area contributed by atoms with E-state index in [0.717, 1.165) is 30.7 Å². The third-order valence-electron chi connectivity index (χ3n) is 2.70. The highest BCUT2D eigenvalue weighted by Gasteiger charge is 2.09. The molecule has 5 heteroatoms. The van der Waals surface area contributed by atoms with Gasteiger partial charge in [0.25, 0.3) is 0 Å². The van der Waals surface area contributed by atoms with Gasteiger partial charge in [0.2, 0.25) is 5.95 Å². The first-order chi connectivity index (χ1) is 9.11. The van der Waals surface area contributed by atoms with E-state index in [-0.39, 0.29) is 0 Å². The Hall–Kier alpha value is -2.04. The molecule has 3 nitrogen and oxygen atoms in total. The van der Waals surface area contributed by atoms with Crippen LogP contribution in [0.15, 0.2) is 24.4 Å². The second kappa shape index (κ2) is 5.73. The van der Waals surface area contributed by atoms with Crippen molar-refractivity contribution in [2.24, 2.45) is 0 Å². The Labute approximate surface area is 110 Å². The van der Waals surface area contributed by atoms with E-state index >= 15 is 0 Å². The minimum absolute atomic E-state index is 0.493. The maximum Gasteiger partial charge on any atom is 0.223 e. The minimum atomic E-state index is -0.876. The molecule has 1 N–H and O–H groups in total. The summed E-state index contributed by atoms with van der Waals surface area (Å²) in [7, 11) is 0. The average Bonchev–Trinajstić information content (AvgIpc) is 2.41. The molecule has 0 aliphatic carbocycles. The third-order valence-corrected chi connectivity index (χ3v) is 2.70. The van der Waals surface area contributed by atoms with Gasteiger partial charge in [0.05, 0.1) is 5.69 Å². The van der Waals surface area contributed by atoms with Gasteiger partial charge >= 0.3 is 0 Å². The zero-order valence-electron chi connectivity index (χ0n) is 10.9. The molecule has 0 unspecified atom stereocenters. The second-order valence-corrected chi connectivity index (χ2v) is 4.28. The summed E-state index contributed by atoms with van der Waals surface area (Å²) in [6.45, 7) is 4.64. The van der Waals surface area contributed by atoms with Crippen molar-refractivity contribution in [2.45, 2.75) is 20.3 Å². The molecule has 2 rings (SSSR count). The lowest BCUT2D eigenvalue weighted by Gasteiger charge is -2.08. The molecule has 0 saturated heterocycles. The number of aryl methyl sites for hydroxylation is 1. The van der Waals surface area contributed by atoms with Crippen LogP contribution in [0.3, 0.4) is 0 Å². The lowest BCUT2D eigenvalue weighted by molar-refractivity contribution is 0.509. The van der Waals surface area contributed by atoms with E-state index in [1.807, 2.05) is 13.8 Å². The first-order valence-corrected chi connectivity index (χ1v) is 6.14. The van der Waals surface area contributed by atoms with Crippen LogP contribution in [0, 0.1) is 18.6 Å². The van der Waals surface area contributed by atoms with Crippen molar-refractivity contribution < 1.29 is 8.78 Å². The highest BCUT2D eigenvalue weighted by atomic mass is 19.2. The molecule has 0 radical (unpaired) electrons. The lowest BCUT2D eigenvalue weighted by Crippen LogP contribution is -2.05. The molecule has 0 atom stereocenters. The first kappa shape index (κ1) is 13.4. The van der Waals surface area contributed by atoms with Gasteiger partial charge in [-0.25, -0.2) is 18.7 Å². The molecular weight excluding hydrogens is 248 g/mol. The molecule has 0 fully saturated rings. The summed E-state index contributed by atoms with van der Waals surface area (Å²) in [4.78, 5) is 8.49. The Kier molecular flexibility index (Phi) is 4.04. The van der Waals surface area contributed by atoms with Crippen LogP contribution < -0.4 is 5.32 Å². The predicted molar refractivity (Wildman–Crippen MR) is 70.9 cm³/mol. The summed E-state index contributed by atoms with van der Waals surface area (Å²) in [5.41, 5.74) is 1.96. The van der Waals surface area contributed by atoms with E-state index in [0.29, 0.717) is 17.2 Å². The van der Waals surface area contributed by atoms with E-state index in [4.69, 9.17) is 0 Å². The van der Waals surface area contributed by atoms with Crippen LogP contribution in [0.4, 0.5) is 14.7 Å². The fourth-order valence-electron chi connectivity index (χ4n) is 1.70. The molecule has 100 valence electrons. The Bertz CT molecular complexity index is 585. The van der Waals surface area contributed by atoms with Crippen molar-refractivity contribution in [2.75, 3.05) is 11.9 Å². The van der Waals surface area contributed by atoms with Crippen molar-refractivity contribution in [3.63, 3.8) is 0 Å². The van der Waals surface area contributed by atoms with E-state index < -0.39 is 11.6 Å². The van der Waals surface area contributed by atoms with Crippen molar-refractivity contribution in [1.82, 2.24) is 9.97 Å². The molecular formula is C14H15F2N3. The van der Waals surface area contributed by atoms with Crippen LogP contribution >= 0.6 is 0 Å². The molecule has 0 aliphatic rings. The highest BCUT2D eigenvalue weighted by Crippen LogP contribution is 2.23. The summed E-state index contributed by atoms with van der Waals surface area (Å²) in [6.07, 6.45) is 2.62. The van der Waals surface area contributed by atoms with E-state index in [1.54, 1.807) is 6.20 Å². The molecule has 0 amide bonds. The number of aromatic nitrogens is 2. The molecule has 0 bridgehead atoms. The monoisotopic (exact) mass is 263 g/mol. The number of anilines is 1. The summed E-state index contributed by atoms with van der Waals surface area (Å²) < 4.78 is 26.2. The van der Waals surface area contributed by atoms with E-state index in [1.165, 1.54) is 6.07 Å².